The zero-order valence-corrected chi connectivity index (χ0v) is 14.1. The second kappa shape index (κ2) is 7.00. The first-order valence-corrected chi connectivity index (χ1v) is 9.18. The molecule has 1 aromatic heterocycles. The molecule has 0 amide bonds. The molecule has 3 rings (SSSR count). The van der Waals surface area contributed by atoms with Gasteiger partial charge in [-0.15, -0.1) is 11.3 Å². The third kappa shape index (κ3) is 3.91. The highest BCUT2D eigenvalue weighted by atomic mass is 32.1. The van der Waals surface area contributed by atoms with Crippen LogP contribution in [0.15, 0.2) is 5.38 Å². The third-order valence-electron chi connectivity index (χ3n) is 5.04. The number of hydrogen-bond donors (Lipinski definition) is 1. The molecule has 1 aliphatic carbocycles. The van der Waals surface area contributed by atoms with Crippen molar-refractivity contribution in [3.8, 4) is 0 Å². The lowest BCUT2D eigenvalue weighted by Gasteiger charge is -2.19. The largest absolute Gasteiger partial charge is 0.481 e. The highest BCUT2D eigenvalue weighted by Crippen LogP contribution is 2.39. The Morgan fingerprint density at radius 3 is 2.58 bits per heavy atom. The van der Waals surface area contributed by atoms with Gasteiger partial charge in [0.25, 0.3) is 0 Å². The standard InChI is InChI=1S/C16H21F3N2O2S/c17-16(18,19)13-8-21(7-12(13)15(22)23)6-11-9-24-14(20-11)10-4-2-1-3-5-10/h9-10,12-13H,1-8H2,(H,22,23)/t12-,13-/m1/s1. The van der Waals surface area contributed by atoms with Gasteiger partial charge < -0.3 is 5.11 Å². The van der Waals surface area contributed by atoms with Gasteiger partial charge in [0, 0.05) is 30.9 Å². The molecule has 1 aromatic rings. The normalized spacial score (nSPS) is 26.8. The molecule has 0 aromatic carbocycles. The van der Waals surface area contributed by atoms with Crippen LogP contribution in [-0.4, -0.2) is 40.2 Å². The summed E-state index contributed by atoms with van der Waals surface area (Å²) in [6, 6.07) is 0. The van der Waals surface area contributed by atoms with Crippen molar-refractivity contribution in [2.75, 3.05) is 13.1 Å². The van der Waals surface area contributed by atoms with Crippen LogP contribution in [0.1, 0.15) is 48.7 Å². The Kier molecular flexibility index (Phi) is 5.15. The minimum Gasteiger partial charge on any atom is -0.481 e. The number of nitrogens with zero attached hydrogens (tertiary/aromatic N) is 2. The van der Waals surface area contributed by atoms with Crippen molar-refractivity contribution in [1.82, 2.24) is 9.88 Å². The van der Waals surface area contributed by atoms with Gasteiger partial charge in [-0.25, -0.2) is 4.98 Å². The SMILES string of the molecule is O=C(O)[C@@H]1CN(Cc2csc(C3CCCCC3)n2)C[C@H]1C(F)(F)F. The average Bonchev–Trinajstić information content (AvgIpc) is 3.15. The minimum absolute atomic E-state index is 0.0736. The van der Waals surface area contributed by atoms with Crippen LogP contribution in [-0.2, 0) is 11.3 Å². The molecule has 0 radical (unpaired) electrons. The monoisotopic (exact) mass is 362 g/mol. The van der Waals surface area contributed by atoms with Crippen molar-refractivity contribution >= 4 is 17.3 Å². The van der Waals surface area contributed by atoms with E-state index < -0.39 is 24.0 Å². The van der Waals surface area contributed by atoms with Crippen molar-refractivity contribution in [3.05, 3.63) is 16.1 Å². The van der Waals surface area contributed by atoms with Crippen LogP contribution >= 0.6 is 11.3 Å². The molecule has 1 saturated carbocycles. The van der Waals surface area contributed by atoms with Gasteiger partial charge in [-0.3, -0.25) is 9.69 Å². The molecule has 1 saturated heterocycles. The minimum atomic E-state index is -4.48. The number of thiazole rings is 1. The van der Waals surface area contributed by atoms with Crippen LogP contribution in [0.25, 0.3) is 0 Å². The van der Waals surface area contributed by atoms with Gasteiger partial charge in [0.15, 0.2) is 0 Å². The second-order valence-electron chi connectivity index (χ2n) is 6.80. The van der Waals surface area contributed by atoms with Crippen molar-refractivity contribution < 1.29 is 23.1 Å². The van der Waals surface area contributed by atoms with Crippen LogP contribution < -0.4 is 0 Å². The fourth-order valence-electron chi connectivity index (χ4n) is 3.76. The van der Waals surface area contributed by atoms with Gasteiger partial charge in [0.05, 0.1) is 22.5 Å². The van der Waals surface area contributed by atoms with E-state index in [-0.39, 0.29) is 13.1 Å². The van der Waals surface area contributed by atoms with Gasteiger partial charge in [0.2, 0.25) is 0 Å². The number of alkyl halides is 3. The van der Waals surface area contributed by atoms with E-state index >= 15 is 0 Å². The lowest BCUT2D eigenvalue weighted by atomic mass is 9.90. The van der Waals surface area contributed by atoms with Crippen LogP contribution in [0.3, 0.4) is 0 Å². The van der Waals surface area contributed by atoms with E-state index in [1.807, 2.05) is 5.38 Å². The number of hydrogen-bond acceptors (Lipinski definition) is 4. The molecule has 2 aliphatic rings. The van der Waals surface area contributed by atoms with E-state index in [1.54, 1.807) is 16.2 Å². The number of aromatic nitrogens is 1. The topological polar surface area (TPSA) is 53.4 Å². The zero-order valence-electron chi connectivity index (χ0n) is 13.3. The molecular formula is C16H21F3N2O2S. The number of halogens is 3. The Labute approximate surface area is 142 Å². The fourth-order valence-corrected chi connectivity index (χ4v) is 4.74. The Balaban J connectivity index is 1.64. The molecule has 1 N–H and O–H groups in total. The first-order valence-electron chi connectivity index (χ1n) is 8.30. The summed E-state index contributed by atoms with van der Waals surface area (Å²) in [5, 5.41) is 12.0. The van der Waals surface area contributed by atoms with Gasteiger partial charge in [-0.1, -0.05) is 19.3 Å². The lowest BCUT2D eigenvalue weighted by molar-refractivity contribution is -0.188. The molecule has 0 bridgehead atoms. The Hall–Kier alpha value is -1.15. The van der Waals surface area contributed by atoms with E-state index in [0.29, 0.717) is 12.5 Å². The van der Waals surface area contributed by atoms with E-state index in [2.05, 4.69) is 4.98 Å². The van der Waals surface area contributed by atoms with Crippen molar-refractivity contribution in [3.63, 3.8) is 0 Å². The van der Waals surface area contributed by atoms with Gasteiger partial charge in [-0.2, -0.15) is 13.2 Å². The quantitative estimate of drug-likeness (QED) is 0.883. The first kappa shape index (κ1) is 17.7. The van der Waals surface area contributed by atoms with E-state index in [1.165, 1.54) is 19.3 Å². The molecule has 8 heteroatoms. The summed E-state index contributed by atoms with van der Waals surface area (Å²) in [5.41, 5.74) is 0.757. The molecule has 1 aliphatic heterocycles. The number of aliphatic carboxylic acids is 1. The highest BCUT2D eigenvalue weighted by molar-refractivity contribution is 7.09. The van der Waals surface area contributed by atoms with Gasteiger partial charge in [0.1, 0.15) is 0 Å². The first-order chi connectivity index (χ1) is 11.3. The third-order valence-corrected chi connectivity index (χ3v) is 6.10. The second-order valence-corrected chi connectivity index (χ2v) is 7.69. The van der Waals surface area contributed by atoms with Crippen molar-refractivity contribution in [1.29, 1.82) is 0 Å². The Morgan fingerprint density at radius 2 is 2.00 bits per heavy atom. The predicted octanol–water partition coefficient (Wildman–Crippen LogP) is 3.89. The molecule has 0 unspecified atom stereocenters. The summed E-state index contributed by atoms with van der Waals surface area (Å²) < 4.78 is 39.1. The molecule has 2 atom stereocenters. The maximum atomic E-state index is 13.0. The van der Waals surface area contributed by atoms with Crippen LogP contribution in [0.2, 0.25) is 0 Å². The molecular weight excluding hydrogens is 341 g/mol. The summed E-state index contributed by atoms with van der Waals surface area (Å²) in [7, 11) is 0. The number of carboxylic acids is 1. The maximum Gasteiger partial charge on any atom is 0.393 e. The zero-order chi connectivity index (χ0) is 17.3. The summed E-state index contributed by atoms with van der Waals surface area (Å²) in [6.45, 7) is -0.0495. The smallest absolute Gasteiger partial charge is 0.393 e. The number of carboxylic acid groups (broad SMARTS) is 1. The molecule has 4 nitrogen and oxygen atoms in total. The lowest BCUT2D eigenvalue weighted by Crippen LogP contribution is -2.33. The summed E-state index contributed by atoms with van der Waals surface area (Å²) >= 11 is 1.58. The summed E-state index contributed by atoms with van der Waals surface area (Å²) in [5.74, 6) is -4.08. The van der Waals surface area contributed by atoms with Crippen molar-refractivity contribution in [2.45, 2.75) is 50.7 Å². The van der Waals surface area contributed by atoms with Gasteiger partial charge in [-0.05, 0) is 12.8 Å². The predicted molar refractivity (Wildman–Crippen MR) is 83.9 cm³/mol. The molecule has 2 fully saturated rings. The van der Waals surface area contributed by atoms with Crippen molar-refractivity contribution in [2.24, 2.45) is 11.8 Å². The van der Waals surface area contributed by atoms with E-state index in [4.69, 9.17) is 5.11 Å². The number of rotatable bonds is 4. The summed E-state index contributed by atoms with van der Waals surface area (Å²) in [6.07, 6.45) is 1.46. The van der Waals surface area contributed by atoms with Crippen LogP contribution in [0.5, 0.6) is 0 Å². The molecule has 24 heavy (non-hydrogen) atoms. The van der Waals surface area contributed by atoms with Crippen LogP contribution in [0.4, 0.5) is 13.2 Å². The average molecular weight is 362 g/mol. The fraction of sp³-hybridized carbons (Fsp3) is 0.750. The molecule has 2 heterocycles. The van der Waals surface area contributed by atoms with Gasteiger partial charge >= 0.3 is 12.1 Å². The maximum absolute atomic E-state index is 13.0. The Morgan fingerprint density at radius 1 is 1.29 bits per heavy atom. The Bertz CT molecular complexity index is 584. The van der Waals surface area contributed by atoms with Crippen LogP contribution in [0, 0.1) is 11.8 Å². The molecule has 0 spiro atoms. The number of carbonyl (C=O) groups is 1. The van der Waals surface area contributed by atoms with E-state index in [9.17, 15) is 18.0 Å². The molecule has 134 valence electrons. The van der Waals surface area contributed by atoms with E-state index in [0.717, 1.165) is 23.5 Å². The highest BCUT2D eigenvalue weighted by Gasteiger charge is 2.52. The number of likely N-dealkylation sites (tertiary alicyclic amines) is 1. The summed E-state index contributed by atoms with van der Waals surface area (Å²) in [4.78, 5) is 17.3.